The fraction of sp³-hybridized carbons (Fsp3) is 0.370. The molecule has 0 saturated carbocycles. The SMILES string of the molecule is C=CCOC(=O)C(=C=c1sc(=C=CNc2cccc(C(O)CN3CCCCC3)c2)c(=O)n1CC)C#N. The van der Waals surface area contributed by atoms with E-state index >= 15 is 0 Å². The highest BCUT2D eigenvalue weighted by Gasteiger charge is 2.16. The predicted octanol–water partition coefficient (Wildman–Crippen LogP) is 2.01. The van der Waals surface area contributed by atoms with Gasteiger partial charge < -0.3 is 20.1 Å². The minimum absolute atomic E-state index is 0.0271. The summed E-state index contributed by atoms with van der Waals surface area (Å²) in [7, 11) is 0. The molecule has 1 aliphatic rings. The lowest BCUT2D eigenvalue weighted by atomic mass is 10.1. The summed E-state index contributed by atoms with van der Waals surface area (Å²) in [5.41, 5.74) is 6.59. The van der Waals surface area contributed by atoms with Crippen LogP contribution in [0, 0.1) is 11.3 Å². The Bertz CT molecular complexity index is 1380. The van der Waals surface area contributed by atoms with Gasteiger partial charge in [0.2, 0.25) is 0 Å². The second kappa shape index (κ2) is 13.5. The maximum absolute atomic E-state index is 12.8. The average Bonchev–Trinajstić information content (AvgIpc) is 3.20. The molecule has 1 unspecified atom stereocenters. The van der Waals surface area contributed by atoms with E-state index in [0.717, 1.165) is 35.7 Å². The Kier molecular flexibility index (Phi) is 10.1. The van der Waals surface area contributed by atoms with Crippen LogP contribution in [0.4, 0.5) is 5.69 Å². The first-order chi connectivity index (χ1) is 17.5. The maximum atomic E-state index is 12.8. The summed E-state index contributed by atoms with van der Waals surface area (Å²) >= 11 is 1.07. The molecule has 188 valence electrons. The van der Waals surface area contributed by atoms with Gasteiger partial charge in [0.25, 0.3) is 5.56 Å². The molecule has 1 aliphatic heterocycles. The molecule has 1 saturated heterocycles. The van der Waals surface area contributed by atoms with Crippen LogP contribution < -0.4 is 20.1 Å². The van der Waals surface area contributed by atoms with Crippen molar-refractivity contribution in [3.05, 3.63) is 73.8 Å². The predicted molar refractivity (Wildman–Crippen MR) is 140 cm³/mol. The van der Waals surface area contributed by atoms with Crippen molar-refractivity contribution in [3.63, 3.8) is 0 Å². The van der Waals surface area contributed by atoms with E-state index in [2.05, 4.69) is 28.3 Å². The standard InChI is InChI=1S/C27H30N4O4S/c1-3-15-35-27(34)21(18-28)17-25-31(4-2)26(33)24(36-25)11-12-29-22-10-8-9-20(16-22)23(32)19-30-13-6-5-7-14-30/h3,8-10,12,16,23,29,32H,1,4-7,13-15,19H2,2H3. The normalized spacial score (nSPS) is 14.0. The molecular formula is C27H30N4O4S. The van der Waals surface area contributed by atoms with E-state index in [1.165, 1.54) is 36.1 Å². The number of aromatic nitrogens is 1. The first-order valence-electron chi connectivity index (χ1n) is 11.9. The lowest BCUT2D eigenvalue weighted by Crippen LogP contribution is -2.33. The molecular weight excluding hydrogens is 476 g/mol. The number of aliphatic hydroxyl groups is 1. The third-order valence-corrected chi connectivity index (χ3v) is 6.69. The number of β-amino-alcohol motifs (C(OH)–C–C–N with tert-alkyl or cyclic N) is 1. The van der Waals surface area contributed by atoms with Crippen molar-refractivity contribution >= 4 is 34.5 Å². The van der Waals surface area contributed by atoms with Gasteiger partial charge in [-0.25, -0.2) is 4.79 Å². The van der Waals surface area contributed by atoms with Gasteiger partial charge in [-0.1, -0.05) is 54.0 Å². The highest BCUT2D eigenvalue weighted by molar-refractivity contribution is 7.07. The Balaban J connectivity index is 1.85. The Labute approximate surface area is 214 Å². The first kappa shape index (κ1) is 27.0. The summed E-state index contributed by atoms with van der Waals surface area (Å²) < 4.78 is 6.93. The molecule has 1 atom stereocenters. The minimum atomic E-state index is -0.828. The van der Waals surface area contributed by atoms with E-state index < -0.39 is 12.1 Å². The lowest BCUT2D eigenvalue weighted by Gasteiger charge is -2.28. The smallest absolute Gasteiger partial charge is 0.357 e. The number of nitrogens with zero attached hydrogens (tertiary/aromatic N) is 3. The number of aliphatic hydroxyl groups excluding tert-OH is 1. The molecule has 0 bridgehead atoms. The van der Waals surface area contributed by atoms with E-state index in [-0.39, 0.29) is 17.7 Å². The molecule has 0 amide bonds. The van der Waals surface area contributed by atoms with Crippen LogP contribution in [0.3, 0.4) is 0 Å². The van der Waals surface area contributed by atoms with Gasteiger partial charge in [-0.2, -0.15) is 5.26 Å². The number of nitriles is 1. The van der Waals surface area contributed by atoms with E-state index in [1.54, 1.807) is 13.0 Å². The molecule has 0 radical (unpaired) electrons. The molecule has 2 N–H and O–H groups in total. The number of piperidine rings is 1. The van der Waals surface area contributed by atoms with Crippen LogP contribution in [-0.4, -0.2) is 46.8 Å². The second-order valence-electron chi connectivity index (χ2n) is 8.22. The highest BCUT2D eigenvalue weighted by atomic mass is 32.1. The summed E-state index contributed by atoms with van der Waals surface area (Å²) in [6, 6.07) is 9.27. The van der Waals surface area contributed by atoms with Gasteiger partial charge in [0.15, 0.2) is 5.57 Å². The number of hydrogen-bond acceptors (Lipinski definition) is 8. The van der Waals surface area contributed by atoms with Crippen LogP contribution in [-0.2, 0) is 16.1 Å². The Morgan fingerprint density at radius 1 is 1.36 bits per heavy atom. The van der Waals surface area contributed by atoms with Crippen LogP contribution in [0.25, 0.3) is 11.5 Å². The quantitative estimate of drug-likeness (QED) is 0.232. The monoisotopic (exact) mass is 506 g/mol. The number of thiazole rings is 1. The van der Waals surface area contributed by atoms with Gasteiger partial charge in [0, 0.05) is 25.0 Å². The maximum Gasteiger partial charge on any atom is 0.357 e. The Hall–Kier alpha value is -3.63. The van der Waals surface area contributed by atoms with Gasteiger partial charge >= 0.3 is 5.97 Å². The van der Waals surface area contributed by atoms with Gasteiger partial charge in [0.05, 0.1) is 6.10 Å². The van der Waals surface area contributed by atoms with E-state index in [1.807, 2.05) is 24.3 Å². The molecule has 0 spiro atoms. The van der Waals surface area contributed by atoms with Crippen LogP contribution in [0.5, 0.6) is 0 Å². The summed E-state index contributed by atoms with van der Waals surface area (Å²) in [6.07, 6.45) is 5.94. The van der Waals surface area contributed by atoms with Gasteiger partial charge in [-0.15, -0.1) is 0 Å². The van der Waals surface area contributed by atoms with Gasteiger partial charge in [-0.05, 0) is 50.6 Å². The van der Waals surface area contributed by atoms with Crippen LogP contribution in [0.1, 0.15) is 37.9 Å². The number of esters is 1. The number of ether oxygens (including phenoxy) is 1. The van der Waals surface area contributed by atoms with Crippen LogP contribution >= 0.6 is 11.3 Å². The number of rotatable bonds is 9. The van der Waals surface area contributed by atoms with E-state index in [0.29, 0.717) is 22.3 Å². The molecule has 3 rings (SSSR count). The number of likely N-dealkylation sites (tertiary alicyclic amines) is 1. The number of nitrogens with one attached hydrogen (secondary N) is 1. The van der Waals surface area contributed by atoms with Gasteiger partial charge in [0.1, 0.15) is 21.9 Å². The third kappa shape index (κ3) is 7.19. The van der Waals surface area contributed by atoms with Gasteiger partial charge in [-0.3, -0.25) is 9.36 Å². The van der Waals surface area contributed by atoms with Crippen LogP contribution in [0.15, 0.2) is 53.5 Å². The third-order valence-electron chi connectivity index (χ3n) is 5.67. The second-order valence-corrected chi connectivity index (χ2v) is 9.22. The summed E-state index contributed by atoms with van der Waals surface area (Å²) in [4.78, 5) is 27.1. The van der Waals surface area contributed by atoms with Crippen molar-refractivity contribution in [2.24, 2.45) is 0 Å². The zero-order valence-corrected chi connectivity index (χ0v) is 21.1. The Morgan fingerprint density at radius 3 is 2.83 bits per heavy atom. The average molecular weight is 507 g/mol. The molecule has 2 heterocycles. The molecule has 1 fully saturated rings. The lowest BCUT2D eigenvalue weighted by molar-refractivity contribution is -0.137. The molecule has 9 heteroatoms. The number of carbonyl (C=O) groups excluding carboxylic acids is 1. The molecule has 1 aromatic carbocycles. The van der Waals surface area contributed by atoms with E-state index in [9.17, 15) is 20.0 Å². The summed E-state index contributed by atoms with van der Waals surface area (Å²) in [5, 5.41) is 23.1. The molecule has 8 nitrogen and oxygen atoms in total. The first-order valence-corrected chi connectivity index (χ1v) is 12.7. The number of anilines is 1. The number of benzene rings is 1. The fourth-order valence-electron chi connectivity index (χ4n) is 3.83. The van der Waals surface area contributed by atoms with Crippen molar-refractivity contribution < 1.29 is 14.6 Å². The molecule has 2 aromatic rings. The van der Waals surface area contributed by atoms with Crippen molar-refractivity contribution in [1.29, 1.82) is 5.26 Å². The minimum Gasteiger partial charge on any atom is -0.457 e. The van der Waals surface area contributed by atoms with Crippen molar-refractivity contribution in [2.45, 2.75) is 38.8 Å². The molecule has 0 aliphatic carbocycles. The fourth-order valence-corrected chi connectivity index (χ4v) is 4.82. The topological polar surface area (TPSA) is 108 Å². The molecule has 1 aromatic heterocycles. The van der Waals surface area contributed by atoms with E-state index in [4.69, 9.17) is 4.74 Å². The Morgan fingerprint density at radius 2 is 2.14 bits per heavy atom. The number of hydrogen-bond donors (Lipinski definition) is 2. The largest absolute Gasteiger partial charge is 0.457 e. The zero-order valence-electron chi connectivity index (χ0n) is 20.3. The van der Waals surface area contributed by atoms with Crippen molar-refractivity contribution in [3.8, 4) is 6.07 Å². The molecule has 36 heavy (non-hydrogen) atoms. The highest BCUT2D eigenvalue weighted by Crippen LogP contribution is 2.20. The zero-order chi connectivity index (χ0) is 25.9. The summed E-state index contributed by atoms with van der Waals surface area (Å²) in [5.74, 6) is -0.828. The van der Waals surface area contributed by atoms with Crippen molar-refractivity contribution in [2.75, 3.05) is 31.6 Å². The van der Waals surface area contributed by atoms with Crippen LogP contribution in [0.2, 0.25) is 0 Å². The number of carbonyl (C=O) groups is 1. The summed E-state index contributed by atoms with van der Waals surface area (Å²) in [6.45, 7) is 8.20. The van der Waals surface area contributed by atoms with Crippen molar-refractivity contribution in [1.82, 2.24) is 9.47 Å².